The minimum Gasteiger partial charge on any atom is -0.301 e. The average Bonchev–Trinajstić information content (AvgIpc) is 3.21. The third-order valence-corrected chi connectivity index (χ3v) is 6.98. The molecule has 0 spiro atoms. The van der Waals surface area contributed by atoms with E-state index in [1.165, 1.54) is 16.7 Å². The first-order chi connectivity index (χ1) is 15.2. The lowest BCUT2D eigenvalue weighted by Crippen LogP contribution is -2.34. The molecule has 0 bridgehead atoms. The van der Waals surface area contributed by atoms with Gasteiger partial charge in [0, 0.05) is 30.6 Å². The second-order valence-corrected chi connectivity index (χ2v) is 9.19. The number of aromatic nitrogens is 4. The van der Waals surface area contributed by atoms with Crippen molar-refractivity contribution in [3.05, 3.63) is 83.5 Å². The highest BCUT2D eigenvalue weighted by Gasteiger charge is 2.26. The molecule has 5 nitrogen and oxygen atoms in total. The number of hydrogen-bond donors (Lipinski definition) is 0. The molecule has 0 N–H and O–H groups in total. The molecule has 0 unspecified atom stereocenters. The van der Waals surface area contributed by atoms with Gasteiger partial charge in [0.1, 0.15) is 5.82 Å². The largest absolute Gasteiger partial charge is 0.301 e. The molecule has 6 heteroatoms. The zero-order chi connectivity index (χ0) is 21.5. The minimum absolute atomic E-state index is 0.464. The zero-order valence-corrected chi connectivity index (χ0v) is 19.3. The Balaban J connectivity index is 1.51. The molecule has 0 amide bonds. The fourth-order valence-corrected chi connectivity index (χ4v) is 4.93. The fraction of sp³-hybridized carbons (Fsp3) is 0.400. The van der Waals surface area contributed by atoms with Crippen LogP contribution in [-0.2, 0) is 12.3 Å². The van der Waals surface area contributed by atoms with Gasteiger partial charge in [-0.2, -0.15) is 0 Å². The van der Waals surface area contributed by atoms with Crippen molar-refractivity contribution in [2.24, 2.45) is 0 Å². The molecule has 3 heterocycles. The van der Waals surface area contributed by atoms with Crippen LogP contribution >= 0.6 is 11.8 Å². The summed E-state index contributed by atoms with van der Waals surface area (Å²) >= 11 is 1.75. The summed E-state index contributed by atoms with van der Waals surface area (Å²) in [6, 6.07) is 14.7. The molecule has 4 rings (SSSR count). The van der Waals surface area contributed by atoms with Crippen LogP contribution in [0.25, 0.3) is 0 Å². The van der Waals surface area contributed by atoms with Gasteiger partial charge in [-0.25, -0.2) is 0 Å². The molecule has 3 aromatic rings. The summed E-state index contributed by atoms with van der Waals surface area (Å²) in [5, 5.41) is 10.3. The number of likely N-dealkylation sites (tertiary alicyclic amines) is 1. The van der Waals surface area contributed by atoms with E-state index in [4.69, 9.17) is 5.10 Å². The van der Waals surface area contributed by atoms with Crippen molar-refractivity contribution in [3.63, 3.8) is 0 Å². The number of allylic oxidation sites excluding steroid dienone is 1. The first kappa shape index (κ1) is 21.8. The first-order valence-electron chi connectivity index (χ1n) is 11.1. The Morgan fingerprint density at radius 2 is 1.84 bits per heavy atom. The molecule has 2 aromatic heterocycles. The Labute approximate surface area is 189 Å². The molecule has 0 saturated carbocycles. The maximum absolute atomic E-state index is 4.70. The molecule has 162 valence electrons. The molecule has 0 radical (unpaired) electrons. The summed E-state index contributed by atoms with van der Waals surface area (Å²) in [5.41, 5.74) is 3.93. The summed E-state index contributed by atoms with van der Waals surface area (Å²) in [7, 11) is 0. The fourth-order valence-electron chi connectivity index (χ4n) is 4.05. The number of piperidine rings is 1. The Hall–Kier alpha value is -2.44. The monoisotopic (exact) mass is 433 g/mol. The Morgan fingerprint density at radius 3 is 2.55 bits per heavy atom. The summed E-state index contributed by atoms with van der Waals surface area (Å²) in [6.07, 6.45) is 8.23. The van der Waals surface area contributed by atoms with Gasteiger partial charge in [0.15, 0.2) is 5.16 Å². The third-order valence-electron chi connectivity index (χ3n) is 5.94. The molecular formula is C25H31N5S. The number of nitrogens with zero attached hydrogens (tertiary/aromatic N) is 5. The second kappa shape index (κ2) is 10.7. The molecular weight excluding hydrogens is 402 g/mol. The highest BCUT2D eigenvalue weighted by molar-refractivity contribution is 7.98. The lowest BCUT2D eigenvalue weighted by molar-refractivity contribution is 0.222. The van der Waals surface area contributed by atoms with E-state index >= 15 is 0 Å². The van der Waals surface area contributed by atoms with Crippen LogP contribution in [0.1, 0.15) is 49.6 Å². The van der Waals surface area contributed by atoms with Gasteiger partial charge in [0.25, 0.3) is 0 Å². The number of pyridine rings is 1. The van der Waals surface area contributed by atoms with Crippen molar-refractivity contribution in [2.75, 3.05) is 19.6 Å². The van der Waals surface area contributed by atoms with Gasteiger partial charge in [-0.1, -0.05) is 59.8 Å². The van der Waals surface area contributed by atoms with Gasteiger partial charge < -0.3 is 4.57 Å². The van der Waals surface area contributed by atoms with E-state index in [0.29, 0.717) is 5.92 Å². The van der Waals surface area contributed by atoms with E-state index in [1.807, 2.05) is 18.5 Å². The highest BCUT2D eigenvalue weighted by atomic mass is 32.2. The Bertz CT molecular complexity index is 976. The van der Waals surface area contributed by atoms with Crippen LogP contribution in [0, 0.1) is 0 Å². The quantitative estimate of drug-likeness (QED) is 0.363. The van der Waals surface area contributed by atoms with E-state index in [9.17, 15) is 0 Å². The number of benzene rings is 1. The van der Waals surface area contributed by atoms with E-state index in [-0.39, 0.29) is 0 Å². The lowest BCUT2D eigenvalue weighted by Gasteiger charge is -2.31. The number of thioether (sulfide) groups is 1. The van der Waals surface area contributed by atoms with Crippen molar-refractivity contribution >= 4 is 11.8 Å². The van der Waals surface area contributed by atoms with Crippen molar-refractivity contribution in [3.8, 4) is 0 Å². The van der Waals surface area contributed by atoms with Crippen LogP contribution < -0.4 is 0 Å². The molecule has 0 atom stereocenters. The summed E-state index contributed by atoms with van der Waals surface area (Å²) in [4.78, 5) is 6.79. The van der Waals surface area contributed by atoms with Crippen LogP contribution in [0.3, 0.4) is 0 Å². The van der Waals surface area contributed by atoms with Crippen LogP contribution in [-0.4, -0.2) is 44.3 Å². The molecule has 31 heavy (non-hydrogen) atoms. The van der Waals surface area contributed by atoms with Crippen LogP contribution in [0.4, 0.5) is 0 Å². The van der Waals surface area contributed by atoms with Crippen molar-refractivity contribution in [1.82, 2.24) is 24.6 Å². The first-order valence-corrected chi connectivity index (χ1v) is 12.0. The summed E-state index contributed by atoms with van der Waals surface area (Å²) in [5.74, 6) is 2.45. The highest BCUT2D eigenvalue weighted by Crippen LogP contribution is 2.31. The van der Waals surface area contributed by atoms with E-state index < -0.39 is 0 Å². The standard InChI is InChI=1S/C25H31N5S/c1-3-20(2)17-29-14-11-23(12-15-29)24-27-28-25(31-19-22-10-7-13-26-16-22)30(24)18-21-8-5-4-6-9-21/h3-10,13,16,23H,11-12,14-15,17-19H2,1-2H3/b20-3+. The Morgan fingerprint density at radius 1 is 1.06 bits per heavy atom. The summed E-state index contributed by atoms with van der Waals surface area (Å²) in [6.45, 7) is 8.47. The average molecular weight is 434 g/mol. The minimum atomic E-state index is 0.464. The van der Waals surface area contributed by atoms with Gasteiger partial charge in [-0.05, 0) is 57.0 Å². The molecule has 1 saturated heterocycles. The molecule has 1 aliphatic rings. The van der Waals surface area contributed by atoms with Crippen molar-refractivity contribution in [1.29, 1.82) is 0 Å². The van der Waals surface area contributed by atoms with E-state index in [1.54, 1.807) is 11.8 Å². The van der Waals surface area contributed by atoms with E-state index in [0.717, 1.165) is 55.8 Å². The maximum atomic E-state index is 4.70. The predicted molar refractivity (Wildman–Crippen MR) is 127 cm³/mol. The van der Waals surface area contributed by atoms with Gasteiger partial charge in [-0.3, -0.25) is 9.88 Å². The normalized spacial score (nSPS) is 16.0. The van der Waals surface area contributed by atoms with Crippen LogP contribution in [0.2, 0.25) is 0 Å². The zero-order valence-electron chi connectivity index (χ0n) is 18.4. The van der Waals surface area contributed by atoms with Gasteiger partial charge in [0.05, 0.1) is 6.54 Å². The van der Waals surface area contributed by atoms with Crippen molar-refractivity contribution < 1.29 is 0 Å². The topological polar surface area (TPSA) is 46.8 Å². The summed E-state index contributed by atoms with van der Waals surface area (Å²) < 4.78 is 2.34. The molecule has 1 aromatic carbocycles. The molecule has 1 fully saturated rings. The maximum Gasteiger partial charge on any atom is 0.191 e. The third kappa shape index (κ3) is 5.83. The molecule has 1 aliphatic heterocycles. The smallest absolute Gasteiger partial charge is 0.191 e. The van der Waals surface area contributed by atoms with Crippen molar-refractivity contribution in [2.45, 2.75) is 50.1 Å². The van der Waals surface area contributed by atoms with Gasteiger partial charge in [0.2, 0.25) is 0 Å². The number of hydrogen-bond acceptors (Lipinski definition) is 5. The second-order valence-electron chi connectivity index (χ2n) is 8.25. The lowest BCUT2D eigenvalue weighted by atomic mass is 9.95. The van der Waals surface area contributed by atoms with Gasteiger partial charge in [-0.15, -0.1) is 10.2 Å². The van der Waals surface area contributed by atoms with Gasteiger partial charge >= 0.3 is 0 Å². The van der Waals surface area contributed by atoms with Crippen LogP contribution in [0.15, 0.2) is 71.7 Å². The Kier molecular flexibility index (Phi) is 7.54. The van der Waals surface area contributed by atoms with Crippen LogP contribution in [0.5, 0.6) is 0 Å². The SMILES string of the molecule is C/C=C(\C)CN1CCC(c2nnc(SCc3cccnc3)n2Cc2ccccc2)CC1. The molecule has 0 aliphatic carbocycles. The van der Waals surface area contributed by atoms with E-state index in [2.05, 4.69) is 75.9 Å². The predicted octanol–water partition coefficient (Wildman–Crippen LogP) is 5.16. The number of rotatable bonds is 8.